The zero-order valence-corrected chi connectivity index (χ0v) is 9.56. The number of carbonyl (C=O) groups excluding carboxylic acids is 1. The highest BCUT2D eigenvalue weighted by molar-refractivity contribution is 8.13. The number of hydrogen-bond acceptors (Lipinski definition) is 3. The first-order chi connectivity index (χ1) is 7.22. The van der Waals surface area contributed by atoms with Crippen LogP contribution in [0.15, 0.2) is 24.3 Å². The van der Waals surface area contributed by atoms with Gasteiger partial charge in [0.05, 0.1) is 12.9 Å². The molecule has 3 heteroatoms. The molecule has 0 atom stereocenters. The van der Waals surface area contributed by atoms with Gasteiger partial charge >= 0.3 is 0 Å². The second-order valence-corrected chi connectivity index (χ2v) is 3.96. The molecule has 0 N–H and O–H groups in total. The smallest absolute Gasteiger partial charge is 0.186 e. The van der Waals surface area contributed by atoms with Crippen molar-refractivity contribution in [1.82, 2.24) is 0 Å². The number of benzene rings is 1. The van der Waals surface area contributed by atoms with Crippen LogP contribution in [0.1, 0.15) is 12.5 Å². The minimum Gasteiger partial charge on any atom is -0.497 e. The van der Waals surface area contributed by atoms with Gasteiger partial charge in [0.25, 0.3) is 0 Å². The highest BCUT2D eigenvalue weighted by atomic mass is 32.2. The number of rotatable bonds is 2. The van der Waals surface area contributed by atoms with Crippen molar-refractivity contribution >= 4 is 16.9 Å². The van der Waals surface area contributed by atoms with E-state index in [1.165, 1.54) is 11.8 Å². The number of thioether (sulfide) groups is 1. The summed E-state index contributed by atoms with van der Waals surface area (Å²) >= 11 is 1.22. The highest BCUT2D eigenvalue weighted by Crippen LogP contribution is 2.10. The summed E-state index contributed by atoms with van der Waals surface area (Å²) in [5.41, 5.74) is 0.931. The maximum absolute atomic E-state index is 10.6. The zero-order valence-electron chi connectivity index (χ0n) is 8.74. The summed E-state index contributed by atoms with van der Waals surface area (Å²) in [6.07, 6.45) is 0. The van der Waals surface area contributed by atoms with Crippen LogP contribution in [0, 0.1) is 11.8 Å². The number of hydrogen-bond donors (Lipinski definition) is 0. The Kier molecular flexibility index (Phi) is 4.79. The molecule has 15 heavy (non-hydrogen) atoms. The Bertz CT molecular complexity index is 384. The Hall–Kier alpha value is -1.40. The Morgan fingerprint density at radius 3 is 2.60 bits per heavy atom. The van der Waals surface area contributed by atoms with Gasteiger partial charge in [-0.25, -0.2) is 0 Å². The molecule has 0 aliphatic heterocycles. The van der Waals surface area contributed by atoms with Crippen molar-refractivity contribution in [2.45, 2.75) is 6.92 Å². The van der Waals surface area contributed by atoms with E-state index in [1.54, 1.807) is 14.0 Å². The first kappa shape index (κ1) is 11.7. The number of methoxy groups -OCH3 is 1. The molecule has 0 aliphatic carbocycles. The van der Waals surface area contributed by atoms with Gasteiger partial charge in [-0.3, -0.25) is 4.79 Å². The third-order valence-electron chi connectivity index (χ3n) is 1.67. The summed E-state index contributed by atoms with van der Waals surface area (Å²) in [6, 6.07) is 7.51. The molecule has 0 aromatic heterocycles. The summed E-state index contributed by atoms with van der Waals surface area (Å²) in [4.78, 5) is 10.6. The van der Waals surface area contributed by atoms with Gasteiger partial charge < -0.3 is 4.74 Å². The maximum atomic E-state index is 10.6. The second-order valence-electron chi connectivity index (χ2n) is 2.81. The minimum atomic E-state index is 0.0963. The van der Waals surface area contributed by atoms with Gasteiger partial charge in [0.15, 0.2) is 5.12 Å². The van der Waals surface area contributed by atoms with Crippen LogP contribution in [0.4, 0.5) is 0 Å². The van der Waals surface area contributed by atoms with Crippen LogP contribution in [-0.4, -0.2) is 18.0 Å². The molecule has 1 aromatic carbocycles. The van der Waals surface area contributed by atoms with Gasteiger partial charge in [-0.1, -0.05) is 23.6 Å². The molecule has 78 valence electrons. The van der Waals surface area contributed by atoms with E-state index in [0.717, 1.165) is 11.3 Å². The quantitative estimate of drug-likeness (QED) is 0.715. The van der Waals surface area contributed by atoms with Crippen molar-refractivity contribution in [3.05, 3.63) is 29.8 Å². The minimum absolute atomic E-state index is 0.0963. The SMILES string of the molecule is COc1ccc(C#CCSC(C)=O)cc1. The second kappa shape index (κ2) is 6.15. The Labute approximate surface area is 94.0 Å². The first-order valence-electron chi connectivity index (χ1n) is 4.48. The van der Waals surface area contributed by atoms with E-state index in [2.05, 4.69) is 11.8 Å². The molecule has 0 saturated heterocycles. The zero-order chi connectivity index (χ0) is 11.1. The molecule has 0 aliphatic rings. The fourth-order valence-corrected chi connectivity index (χ4v) is 1.30. The summed E-state index contributed by atoms with van der Waals surface area (Å²) in [5.74, 6) is 7.26. The van der Waals surface area contributed by atoms with E-state index in [4.69, 9.17) is 4.74 Å². The van der Waals surface area contributed by atoms with Crippen LogP contribution in [0.3, 0.4) is 0 Å². The molecule has 0 radical (unpaired) electrons. The lowest BCUT2D eigenvalue weighted by Crippen LogP contribution is -1.83. The van der Waals surface area contributed by atoms with Crippen LogP contribution < -0.4 is 4.74 Å². The van der Waals surface area contributed by atoms with Crippen LogP contribution in [0.25, 0.3) is 0 Å². The van der Waals surface area contributed by atoms with Crippen molar-refractivity contribution in [2.75, 3.05) is 12.9 Å². The van der Waals surface area contributed by atoms with E-state index in [9.17, 15) is 4.79 Å². The van der Waals surface area contributed by atoms with Gasteiger partial charge in [0, 0.05) is 12.5 Å². The molecule has 0 heterocycles. The number of ether oxygens (including phenoxy) is 1. The molecule has 0 bridgehead atoms. The van der Waals surface area contributed by atoms with Crippen LogP contribution in [-0.2, 0) is 4.79 Å². The molecule has 1 rings (SSSR count). The van der Waals surface area contributed by atoms with Crippen LogP contribution in [0.2, 0.25) is 0 Å². The fraction of sp³-hybridized carbons (Fsp3) is 0.250. The van der Waals surface area contributed by atoms with Crippen LogP contribution in [0.5, 0.6) is 5.75 Å². The van der Waals surface area contributed by atoms with Crippen molar-refractivity contribution in [1.29, 1.82) is 0 Å². The van der Waals surface area contributed by atoms with Crippen LogP contribution >= 0.6 is 11.8 Å². The molecular weight excluding hydrogens is 208 g/mol. The van der Waals surface area contributed by atoms with Gasteiger partial charge in [-0.05, 0) is 24.3 Å². The summed E-state index contributed by atoms with van der Waals surface area (Å²) < 4.78 is 5.03. The molecule has 2 nitrogen and oxygen atoms in total. The normalized spacial score (nSPS) is 8.93. The molecule has 0 unspecified atom stereocenters. The first-order valence-corrected chi connectivity index (χ1v) is 5.47. The predicted molar refractivity (Wildman–Crippen MR) is 63.0 cm³/mol. The molecular formula is C12H12O2S. The average Bonchev–Trinajstić information content (AvgIpc) is 2.25. The van der Waals surface area contributed by atoms with Gasteiger partial charge in [-0.15, -0.1) is 0 Å². The molecule has 0 spiro atoms. The highest BCUT2D eigenvalue weighted by Gasteiger charge is 1.91. The lowest BCUT2D eigenvalue weighted by Gasteiger charge is -1.97. The van der Waals surface area contributed by atoms with Crippen molar-refractivity contribution in [3.8, 4) is 17.6 Å². The largest absolute Gasteiger partial charge is 0.497 e. The van der Waals surface area contributed by atoms with Gasteiger partial charge in [-0.2, -0.15) is 0 Å². The Balaban J connectivity index is 2.52. The topological polar surface area (TPSA) is 26.3 Å². The van der Waals surface area contributed by atoms with E-state index in [1.807, 2.05) is 24.3 Å². The lowest BCUT2D eigenvalue weighted by molar-refractivity contribution is -0.109. The molecule has 0 fully saturated rings. The average molecular weight is 220 g/mol. The van der Waals surface area contributed by atoms with Gasteiger partial charge in [0.2, 0.25) is 0 Å². The third-order valence-corrected chi connectivity index (χ3v) is 2.37. The lowest BCUT2D eigenvalue weighted by atomic mass is 10.2. The third kappa shape index (κ3) is 4.57. The molecule has 1 aromatic rings. The van der Waals surface area contributed by atoms with E-state index in [0.29, 0.717) is 5.75 Å². The fourth-order valence-electron chi connectivity index (χ4n) is 0.950. The number of carbonyl (C=O) groups is 1. The van der Waals surface area contributed by atoms with Gasteiger partial charge in [0.1, 0.15) is 5.75 Å². The molecule has 0 amide bonds. The maximum Gasteiger partial charge on any atom is 0.186 e. The Morgan fingerprint density at radius 1 is 1.40 bits per heavy atom. The predicted octanol–water partition coefficient (Wildman–Crippen LogP) is 2.33. The van der Waals surface area contributed by atoms with Crippen molar-refractivity contribution < 1.29 is 9.53 Å². The standard InChI is InChI=1S/C12H12O2S/c1-10(13)15-9-3-4-11-5-7-12(14-2)8-6-11/h5-8H,9H2,1-2H3. The van der Waals surface area contributed by atoms with E-state index in [-0.39, 0.29) is 5.12 Å². The monoisotopic (exact) mass is 220 g/mol. The van der Waals surface area contributed by atoms with Crippen molar-refractivity contribution in [3.63, 3.8) is 0 Å². The summed E-state index contributed by atoms with van der Waals surface area (Å²) in [7, 11) is 1.63. The summed E-state index contributed by atoms with van der Waals surface area (Å²) in [5, 5.41) is 0.0963. The van der Waals surface area contributed by atoms with E-state index < -0.39 is 0 Å². The van der Waals surface area contributed by atoms with E-state index >= 15 is 0 Å². The molecule has 0 saturated carbocycles. The summed E-state index contributed by atoms with van der Waals surface area (Å²) in [6.45, 7) is 1.54. The Morgan fingerprint density at radius 2 is 2.07 bits per heavy atom. The van der Waals surface area contributed by atoms with Crippen molar-refractivity contribution in [2.24, 2.45) is 0 Å².